The van der Waals surface area contributed by atoms with E-state index in [0.717, 1.165) is 30.9 Å². The van der Waals surface area contributed by atoms with Crippen LogP contribution in [0.15, 0.2) is 30.5 Å². The highest BCUT2D eigenvalue weighted by Gasteiger charge is 2.17. The van der Waals surface area contributed by atoms with Crippen molar-refractivity contribution in [2.45, 2.75) is 39.8 Å². The monoisotopic (exact) mass is 258 g/mol. The minimum atomic E-state index is 0.265. The zero-order valence-electron chi connectivity index (χ0n) is 11.9. The van der Waals surface area contributed by atoms with Gasteiger partial charge in [-0.05, 0) is 38.6 Å². The van der Waals surface area contributed by atoms with Crippen molar-refractivity contribution in [3.8, 4) is 0 Å². The van der Waals surface area contributed by atoms with Gasteiger partial charge in [-0.25, -0.2) is 0 Å². The molecule has 4 nitrogen and oxygen atoms in total. The molecule has 0 aliphatic carbocycles. The molecule has 0 spiro atoms. The summed E-state index contributed by atoms with van der Waals surface area (Å²) in [6, 6.07) is 8.49. The van der Waals surface area contributed by atoms with E-state index in [0.29, 0.717) is 0 Å². The standard InChI is InChI=1S/C15H22N4/c1-4-16-14(11-13-8-6-7-9-17-13)15-10-12(3)18-19(15)5-2/h6-10,14,16H,4-5,11H2,1-3H3. The molecule has 19 heavy (non-hydrogen) atoms. The van der Waals surface area contributed by atoms with Crippen molar-refractivity contribution in [2.24, 2.45) is 0 Å². The third-order valence-electron chi connectivity index (χ3n) is 3.18. The molecule has 2 aromatic rings. The Bertz CT molecular complexity index is 504. The van der Waals surface area contributed by atoms with Crippen LogP contribution in [0, 0.1) is 6.92 Å². The van der Waals surface area contributed by atoms with Crippen LogP contribution in [0.25, 0.3) is 0 Å². The van der Waals surface area contributed by atoms with Crippen LogP contribution in [-0.2, 0) is 13.0 Å². The van der Waals surface area contributed by atoms with E-state index in [1.54, 1.807) is 0 Å². The molecule has 0 aromatic carbocycles. The van der Waals surface area contributed by atoms with Crippen LogP contribution in [0.1, 0.15) is 37.0 Å². The highest BCUT2D eigenvalue weighted by Crippen LogP contribution is 2.18. The maximum absolute atomic E-state index is 4.53. The first-order valence-electron chi connectivity index (χ1n) is 6.92. The Morgan fingerprint density at radius 3 is 2.79 bits per heavy atom. The molecule has 1 atom stereocenters. The first-order valence-corrected chi connectivity index (χ1v) is 6.92. The molecule has 0 amide bonds. The molecule has 102 valence electrons. The van der Waals surface area contributed by atoms with Crippen LogP contribution < -0.4 is 5.32 Å². The SMILES string of the molecule is CCNC(Cc1ccccn1)c1cc(C)nn1CC. The van der Waals surface area contributed by atoms with Crippen LogP contribution in [-0.4, -0.2) is 21.3 Å². The molecule has 0 fully saturated rings. The first kappa shape index (κ1) is 13.7. The third kappa shape index (κ3) is 3.41. The summed E-state index contributed by atoms with van der Waals surface area (Å²) in [5, 5.41) is 8.06. The van der Waals surface area contributed by atoms with Crippen LogP contribution in [0.3, 0.4) is 0 Å². The summed E-state index contributed by atoms with van der Waals surface area (Å²) in [5.41, 5.74) is 3.42. The number of hydrogen-bond acceptors (Lipinski definition) is 3. The molecular formula is C15H22N4. The Morgan fingerprint density at radius 2 is 2.16 bits per heavy atom. The molecule has 2 heterocycles. The van der Waals surface area contributed by atoms with E-state index in [1.165, 1.54) is 5.69 Å². The van der Waals surface area contributed by atoms with E-state index >= 15 is 0 Å². The lowest BCUT2D eigenvalue weighted by Gasteiger charge is -2.18. The van der Waals surface area contributed by atoms with Crippen LogP contribution >= 0.6 is 0 Å². The van der Waals surface area contributed by atoms with E-state index in [2.05, 4.69) is 46.1 Å². The number of aryl methyl sites for hydroxylation is 2. The fourth-order valence-corrected chi connectivity index (χ4v) is 2.36. The first-order chi connectivity index (χ1) is 9.24. The van der Waals surface area contributed by atoms with Crippen molar-refractivity contribution in [2.75, 3.05) is 6.54 Å². The molecule has 0 saturated heterocycles. The largest absolute Gasteiger partial charge is 0.309 e. The molecule has 0 saturated carbocycles. The van der Waals surface area contributed by atoms with Gasteiger partial charge in [0.15, 0.2) is 0 Å². The normalized spacial score (nSPS) is 12.6. The molecule has 2 aromatic heterocycles. The summed E-state index contributed by atoms with van der Waals surface area (Å²) in [7, 11) is 0. The van der Waals surface area contributed by atoms with Gasteiger partial charge >= 0.3 is 0 Å². The molecule has 0 aliphatic heterocycles. The Kier molecular flexibility index (Phi) is 4.68. The second-order valence-electron chi connectivity index (χ2n) is 4.66. The Hall–Kier alpha value is -1.68. The number of pyridine rings is 1. The second-order valence-corrected chi connectivity index (χ2v) is 4.66. The van der Waals surface area contributed by atoms with Gasteiger partial charge in [-0.2, -0.15) is 5.10 Å². The Labute approximate surface area is 114 Å². The summed E-state index contributed by atoms with van der Waals surface area (Å²) in [6.07, 6.45) is 2.74. The average molecular weight is 258 g/mol. The lowest BCUT2D eigenvalue weighted by Crippen LogP contribution is -2.26. The third-order valence-corrected chi connectivity index (χ3v) is 3.18. The number of hydrogen-bond donors (Lipinski definition) is 1. The molecule has 0 bridgehead atoms. The molecule has 4 heteroatoms. The quantitative estimate of drug-likeness (QED) is 0.865. The second kappa shape index (κ2) is 6.48. The lowest BCUT2D eigenvalue weighted by molar-refractivity contribution is 0.486. The molecule has 1 N–H and O–H groups in total. The summed E-state index contributed by atoms with van der Waals surface area (Å²) in [5.74, 6) is 0. The maximum atomic E-state index is 4.53. The number of nitrogens with zero attached hydrogens (tertiary/aromatic N) is 3. The number of likely N-dealkylation sites (N-methyl/N-ethyl adjacent to an activating group) is 1. The number of aromatic nitrogens is 3. The smallest absolute Gasteiger partial charge is 0.0597 e. The zero-order chi connectivity index (χ0) is 13.7. The van der Waals surface area contributed by atoms with Gasteiger partial charge in [-0.3, -0.25) is 9.67 Å². The highest BCUT2D eigenvalue weighted by molar-refractivity contribution is 5.17. The molecular weight excluding hydrogens is 236 g/mol. The summed E-state index contributed by atoms with van der Waals surface area (Å²) in [6.45, 7) is 8.13. The van der Waals surface area contributed by atoms with Crippen molar-refractivity contribution in [1.29, 1.82) is 0 Å². The van der Waals surface area contributed by atoms with Gasteiger partial charge in [0.2, 0.25) is 0 Å². The molecule has 0 radical (unpaired) electrons. The van der Waals surface area contributed by atoms with Gasteiger partial charge in [0, 0.05) is 24.9 Å². The van der Waals surface area contributed by atoms with Gasteiger partial charge in [-0.1, -0.05) is 13.0 Å². The fourth-order valence-electron chi connectivity index (χ4n) is 2.36. The highest BCUT2D eigenvalue weighted by atomic mass is 15.3. The molecule has 0 aliphatic rings. The van der Waals surface area contributed by atoms with E-state index in [9.17, 15) is 0 Å². The van der Waals surface area contributed by atoms with Gasteiger partial charge in [-0.15, -0.1) is 0 Å². The summed E-state index contributed by atoms with van der Waals surface area (Å²) >= 11 is 0. The Morgan fingerprint density at radius 1 is 1.32 bits per heavy atom. The van der Waals surface area contributed by atoms with Gasteiger partial charge in [0.25, 0.3) is 0 Å². The minimum Gasteiger partial charge on any atom is -0.309 e. The summed E-state index contributed by atoms with van der Waals surface area (Å²) in [4.78, 5) is 4.42. The van der Waals surface area contributed by atoms with E-state index < -0.39 is 0 Å². The van der Waals surface area contributed by atoms with Crippen LogP contribution in [0.4, 0.5) is 0 Å². The predicted molar refractivity (Wildman–Crippen MR) is 77.0 cm³/mol. The van der Waals surface area contributed by atoms with Gasteiger partial charge in [0.05, 0.1) is 17.4 Å². The van der Waals surface area contributed by atoms with E-state index in [1.807, 2.05) is 25.3 Å². The van der Waals surface area contributed by atoms with Crippen LogP contribution in [0.2, 0.25) is 0 Å². The van der Waals surface area contributed by atoms with E-state index in [4.69, 9.17) is 0 Å². The zero-order valence-corrected chi connectivity index (χ0v) is 11.9. The maximum Gasteiger partial charge on any atom is 0.0597 e. The fraction of sp³-hybridized carbons (Fsp3) is 0.467. The van der Waals surface area contributed by atoms with Crippen LogP contribution in [0.5, 0.6) is 0 Å². The van der Waals surface area contributed by atoms with Gasteiger partial charge in [0.1, 0.15) is 0 Å². The Balaban J connectivity index is 2.24. The van der Waals surface area contributed by atoms with Crippen molar-refractivity contribution in [3.63, 3.8) is 0 Å². The minimum absolute atomic E-state index is 0.265. The molecule has 1 unspecified atom stereocenters. The van der Waals surface area contributed by atoms with Crippen molar-refractivity contribution >= 4 is 0 Å². The van der Waals surface area contributed by atoms with Gasteiger partial charge < -0.3 is 5.32 Å². The number of rotatable bonds is 6. The topological polar surface area (TPSA) is 42.7 Å². The number of nitrogens with one attached hydrogen (secondary N) is 1. The lowest BCUT2D eigenvalue weighted by atomic mass is 10.1. The van der Waals surface area contributed by atoms with Crippen molar-refractivity contribution in [1.82, 2.24) is 20.1 Å². The predicted octanol–water partition coefficient (Wildman–Crippen LogP) is 2.50. The average Bonchev–Trinajstić information content (AvgIpc) is 2.80. The summed E-state index contributed by atoms with van der Waals surface area (Å²) < 4.78 is 2.08. The van der Waals surface area contributed by atoms with Crippen molar-refractivity contribution < 1.29 is 0 Å². The van der Waals surface area contributed by atoms with Crippen molar-refractivity contribution in [3.05, 3.63) is 47.5 Å². The van der Waals surface area contributed by atoms with E-state index in [-0.39, 0.29) is 6.04 Å². The molecule has 2 rings (SSSR count).